The predicted octanol–water partition coefficient (Wildman–Crippen LogP) is 1.69. The standard InChI is InChI=1S/C15H29N3O2.ClH/c1-15(2,3)13(16)14(20)17-9-7-11-18-10-6-4-5-8-12(18)19;/h13H,4-11,16H2,1-3H3,(H,17,20);1H/t13-;/m1./s1. The van der Waals surface area contributed by atoms with Crippen molar-refractivity contribution in [2.45, 2.75) is 58.9 Å². The zero-order valence-corrected chi connectivity index (χ0v) is 14.3. The van der Waals surface area contributed by atoms with Crippen LogP contribution >= 0.6 is 12.4 Å². The minimum atomic E-state index is -0.498. The first-order chi connectivity index (χ1) is 9.32. The third-order valence-corrected chi connectivity index (χ3v) is 3.79. The number of hydrogen-bond donors (Lipinski definition) is 2. The molecular formula is C15H30ClN3O2. The Bertz CT molecular complexity index is 342. The van der Waals surface area contributed by atoms with Crippen LogP contribution in [0.4, 0.5) is 0 Å². The van der Waals surface area contributed by atoms with Crippen LogP contribution in [0.2, 0.25) is 0 Å². The van der Waals surface area contributed by atoms with Crippen molar-refractivity contribution in [3.8, 4) is 0 Å². The summed E-state index contributed by atoms with van der Waals surface area (Å²) in [7, 11) is 0. The van der Waals surface area contributed by atoms with Crippen molar-refractivity contribution in [3.05, 3.63) is 0 Å². The smallest absolute Gasteiger partial charge is 0.237 e. The molecule has 0 bridgehead atoms. The number of rotatable bonds is 5. The molecule has 0 aromatic rings. The number of likely N-dealkylation sites (tertiary alicyclic amines) is 1. The monoisotopic (exact) mass is 319 g/mol. The van der Waals surface area contributed by atoms with Crippen molar-refractivity contribution < 1.29 is 9.59 Å². The number of hydrogen-bond acceptors (Lipinski definition) is 3. The molecule has 1 fully saturated rings. The van der Waals surface area contributed by atoms with E-state index < -0.39 is 6.04 Å². The van der Waals surface area contributed by atoms with Gasteiger partial charge in [0.05, 0.1) is 6.04 Å². The maximum Gasteiger partial charge on any atom is 0.237 e. The van der Waals surface area contributed by atoms with Crippen LogP contribution in [0, 0.1) is 5.41 Å². The summed E-state index contributed by atoms with van der Waals surface area (Å²) >= 11 is 0. The highest BCUT2D eigenvalue weighted by molar-refractivity contribution is 5.85. The summed E-state index contributed by atoms with van der Waals surface area (Å²) < 4.78 is 0. The Balaban J connectivity index is 0.00000400. The molecule has 1 saturated heterocycles. The SMILES string of the molecule is CC(C)(C)[C@H](N)C(=O)NCCCN1CCCCCC1=O.Cl. The number of carbonyl (C=O) groups excluding carboxylic acids is 2. The highest BCUT2D eigenvalue weighted by Gasteiger charge is 2.27. The van der Waals surface area contributed by atoms with Gasteiger partial charge in [-0.15, -0.1) is 12.4 Å². The first kappa shape index (κ1) is 20.2. The van der Waals surface area contributed by atoms with E-state index in [1.54, 1.807) is 0 Å². The average Bonchev–Trinajstić information content (AvgIpc) is 2.57. The van der Waals surface area contributed by atoms with E-state index in [0.717, 1.165) is 38.8 Å². The molecule has 21 heavy (non-hydrogen) atoms. The second kappa shape index (κ2) is 9.26. The van der Waals surface area contributed by atoms with Crippen molar-refractivity contribution in [2.75, 3.05) is 19.6 Å². The molecule has 6 heteroatoms. The quantitative estimate of drug-likeness (QED) is 0.757. The zero-order chi connectivity index (χ0) is 15.2. The maximum absolute atomic E-state index is 11.8. The van der Waals surface area contributed by atoms with Crippen LogP contribution in [0.15, 0.2) is 0 Å². The molecule has 0 aliphatic carbocycles. The number of nitrogens with zero attached hydrogens (tertiary/aromatic N) is 1. The molecule has 0 radical (unpaired) electrons. The van der Waals surface area contributed by atoms with Crippen LogP contribution in [0.3, 0.4) is 0 Å². The van der Waals surface area contributed by atoms with Gasteiger partial charge in [0, 0.05) is 26.1 Å². The summed E-state index contributed by atoms with van der Waals surface area (Å²) in [6.45, 7) is 8.01. The largest absolute Gasteiger partial charge is 0.355 e. The van der Waals surface area contributed by atoms with Crippen LogP contribution < -0.4 is 11.1 Å². The average molecular weight is 320 g/mol. The van der Waals surface area contributed by atoms with Gasteiger partial charge in [-0.25, -0.2) is 0 Å². The summed E-state index contributed by atoms with van der Waals surface area (Å²) in [6.07, 6.45) is 4.69. The second-order valence-corrected chi connectivity index (χ2v) is 6.68. The van der Waals surface area contributed by atoms with Crippen LogP contribution in [-0.4, -0.2) is 42.4 Å². The molecule has 1 atom stereocenters. The van der Waals surface area contributed by atoms with Crippen molar-refractivity contribution in [1.82, 2.24) is 10.2 Å². The lowest BCUT2D eigenvalue weighted by atomic mass is 9.87. The summed E-state index contributed by atoms with van der Waals surface area (Å²) in [5, 5.41) is 2.86. The van der Waals surface area contributed by atoms with Crippen molar-refractivity contribution in [2.24, 2.45) is 11.1 Å². The van der Waals surface area contributed by atoms with Gasteiger partial charge in [0.25, 0.3) is 0 Å². The normalized spacial score (nSPS) is 17.7. The molecule has 1 aliphatic rings. The minimum Gasteiger partial charge on any atom is -0.355 e. The Labute approximate surface area is 134 Å². The van der Waals surface area contributed by atoms with E-state index in [1.807, 2.05) is 25.7 Å². The number of amides is 2. The lowest BCUT2D eigenvalue weighted by Crippen LogP contribution is -2.49. The lowest BCUT2D eigenvalue weighted by Gasteiger charge is -2.26. The van der Waals surface area contributed by atoms with Gasteiger partial charge < -0.3 is 16.0 Å². The summed E-state index contributed by atoms with van der Waals surface area (Å²) in [5.41, 5.74) is 5.65. The van der Waals surface area contributed by atoms with E-state index in [2.05, 4.69) is 5.32 Å². The van der Waals surface area contributed by atoms with Gasteiger partial charge in [-0.05, 0) is 24.7 Å². The first-order valence-electron chi connectivity index (χ1n) is 7.63. The van der Waals surface area contributed by atoms with Gasteiger partial charge in [-0.1, -0.05) is 27.2 Å². The number of halogens is 1. The molecule has 0 aromatic heterocycles. The Kier molecular flexibility index (Phi) is 8.90. The predicted molar refractivity (Wildman–Crippen MR) is 87.4 cm³/mol. The molecule has 0 spiro atoms. The van der Waals surface area contributed by atoms with Crippen LogP contribution in [0.5, 0.6) is 0 Å². The number of nitrogens with one attached hydrogen (secondary N) is 1. The van der Waals surface area contributed by atoms with Crippen LogP contribution in [-0.2, 0) is 9.59 Å². The fourth-order valence-electron chi connectivity index (χ4n) is 2.26. The van der Waals surface area contributed by atoms with E-state index >= 15 is 0 Å². The number of nitrogens with two attached hydrogens (primary N) is 1. The lowest BCUT2D eigenvalue weighted by molar-refractivity contribution is -0.130. The van der Waals surface area contributed by atoms with E-state index in [1.165, 1.54) is 0 Å². The third-order valence-electron chi connectivity index (χ3n) is 3.79. The van der Waals surface area contributed by atoms with Crippen molar-refractivity contribution >= 4 is 24.2 Å². The Morgan fingerprint density at radius 1 is 1.33 bits per heavy atom. The minimum absolute atomic E-state index is 0. The molecule has 2 amide bonds. The topological polar surface area (TPSA) is 75.4 Å². The zero-order valence-electron chi connectivity index (χ0n) is 13.5. The molecule has 1 aliphatic heterocycles. The molecular weight excluding hydrogens is 290 g/mol. The van der Waals surface area contributed by atoms with Gasteiger partial charge in [0.15, 0.2) is 0 Å². The van der Waals surface area contributed by atoms with Crippen LogP contribution in [0.25, 0.3) is 0 Å². The van der Waals surface area contributed by atoms with E-state index in [9.17, 15) is 9.59 Å². The molecule has 1 heterocycles. The molecule has 0 saturated carbocycles. The van der Waals surface area contributed by atoms with Gasteiger partial charge >= 0.3 is 0 Å². The number of carbonyl (C=O) groups is 2. The summed E-state index contributed by atoms with van der Waals surface area (Å²) in [5.74, 6) is 0.139. The van der Waals surface area contributed by atoms with Crippen LogP contribution in [0.1, 0.15) is 52.9 Å². The van der Waals surface area contributed by atoms with Gasteiger partial charge in [-0.3, -0.25) is 9.59 Å². The maximum atomic E-state index is 11.8. The molecule has 124 valence electrons. The van der Waals surface area contributed by atoms with Gasteiger partial charge in [0.2, 0.25) is 11.8 Å². The fraction of sp³-hybridized carbons (Fsp3) is 0.867. The van der Waals surface area contributed by atoms with E-state index in [-0.39, 0.29) is 29.6 Å². The van der Waals surface area contributed by atoms with Gasteiger partial charge in [-0.2, -0.15) is 0 Å². The van der Waals surface area contributed by atoms with E-state index in [4.69, 9.17) is 5.73 Å². The molecule has 5 nitrogen and oxygen atoms in total. The Hall–Kier alpha value is -0.810. The highest BCUT2D eigenvalue weighted by Crippen LogP contribution is 2.17. The van der Waals surface area contributed by atoms with Crippen molar-refractivity contribution in [1.29, 1.82) is 0 Å². The fourth-order valence-corrected chi connectivity index (χ4v) is 2.26. The third kappa shape index (κ3) is 7.14. The molecule has 0 aromatic carbocycles. The van der Waals surface area contributed by atoms with Gasteiger partial charge in [0.1, 0.15) is 0 Å². The first-order valence-corrected chi connectivity index (χ1v) is 7.63. The molecule has 0 unspecified atom stereocenters. The highest BCUT2D eigenvalue weighted by atomic mass is 35.5. The van der Waals surface area contributed by atoms with Crippen molar-refractivity contribution in [3.63, 3.8) is 0 Å². The Morgan fingerprint density at radius 3 is 2.62 bits per heavy atom. The molecule has 1 rings (SSSR count). The summed E-state index contributed by atoms with van der Waals surface area (Å²) in [4.78, 5) is 25.6. The Morgan fingerprint density at radius 2 is 2.00 bits per heavy atom. The van der Waals surface area contributed by atoms with E-state index in [0.29, 0.717) is 13.0 Å². The summed E-state index contributed by atoms with van der Waals surface area (Å²) in [6, 6.07) is -0.498. The molecule has 3 N–H and O–H groups in total. The second-order valence-electron chi connectivity index (χ2n) is 6.68.